The molecule has 2 nitrogen and oxygen atoms in total. The first kappa shape index (κ1) is 12.0. The van der Waals surface area contributed by atoms with Crippen LogP contribution in [-0.2, 0) is 4.74 Å². The normalized spacial score (nSPS) is 29.1. The summed E-state index contributed by atoms with van der Waals surface area (Å²) in [6.45, 7) is 7.31. The lowest BCUT2D eigenvalue weighted by molar-refractivity contribution is -0.107. The topological polar surface area (TPSA) is 35.2 Å². The van der Waals surface area contributed by atoms with Crippen LogP contribution in [0.4, 0.5) is 0 Å². The fourth-order valence-electron chi connectivity index (χ4n) is 2.09. The molecule has 1 saturated carbocycles. The zero-order chi connectivity index (χ0) is 10.6. The molecule has 0 heterocycles. The molecular weight excluding hydrogens is 174 g/mol. The quantitative estimate of drug-likeness (QED) is 0.755. The van der Waals surface area contributed by atoms with Crippen molar-refractivity contribution in [2.45, 2.75) is 64.6 Å². The third kappa shape index (κ3) is 3.25. The molecule has 14 heavy (non-hydrogen) atoms. The predicted octanol–water partition coefficient (Wildman–Crippen LogP) is 2.71. The molecule has 0 aromatic carbocycles. The molecule has 84 valence electrons. The van der Waals surface area contributed by atoms with Crippen LogP contribution in [-0.4, -0.2) is 18.2 Å². The Morgan fingerprint density at radius 2 is 1.93 bits per heavy atom. The van der Waals surface area contributed by atoms with Gasteiger partial charge in [-0.1, -0.05) is 19.8 Å². The number of rotatable bonds is 4. The Kier molecular flexibility index (Phi) is 4.39. The summed E-state index contributed by atoms with van der Waals surface area (Å²) in [6, 6.07) is 0. The first-order valence-electron chi connectivity index (χ1n) is 5.97. The summed E-state index contributed by atoms with van der Waals surface area (Å²) in [6.07, 6.45) is 6.56. The van der Waals surface area contributed by atoms with Crippen molar-refractivity contribution in [2.24, 2.45) is 11.7 Å². The molecule has 2 atom stereocenters. The molecular formula is C12H25NO. The molecule has 0 aromatic heterocycles. The second kappa shape index (κ2) is 5.13. The van der Waals surface area contributed by atoms with E-state index in [1.54, 1.807) is 0 Å². The van der Waals surface area contributed by atoms with E-state index in [1.807, 2.05) is 0 Å². The van der Waals surface area contributed by atoms with Crippen LogP contribution in [0.2, 0.25) is 0 Å². The first-order valence-corrected chi connectivity index (χ1v) is 5.97. The maximum atomic E-state index is 6.15. The molecule has 0 aromatic rings. The minimum absolute atomic E-state index is 0.0232. The molecule has 2 N–H and O–H groups in total. The zero-order valence-corrected chi connectivity index (χ0v) is 9.88. The maximum absolute atomic E-state index is 6.15. The highest BCUT2D eigenvalue weighted by Gasteiger charge is 2.29. The summed E-state index contributed by atoms with van der Waals surface area (Å²) >= 11 is 0. The van der Waals surface area contributed by atoms with Gasteiger partial charge in [0.15, 0.2) is 0 Å². The van der Waals surface area contributed by atoms with Crippen molar-refractivity contribution < 1.29 is 4.74 Å². The lowest BCUT2D eigenvalue weighted by Crippen LogP contribution is -2.39. The molecule has 0 spiro atoms. The molecule has 2 unspecified atom stereocenters. The van der Waals surface area contributed by atoms with Crippen LogP contribution in [0, 0.1) is 5.92 Å². The summed E-state index contributed by atoms with van der Waals surface area (Å²) < 4.78 is 6.15. The highest BCUT2D eigenvalue weighted by molar-refractivity contribution is 4.80. The van der Waals surface area contributed by atoms with Crippen molar-refractivity contribution in [3.8, 4) is 0 Å². The smallest absolute Gasteiger partial charge is 0.0627 e. The molecule has 0 bridgehead atoms. The van der Waals surface area contributed by atoms with Gasteiger partial charge in [0, 0.05) is 0 Å². The average molecular weight is 199 g/mol. The van der Waals surface area contributed by atoms with Gasteiger partial charge in [-0.25, -0.2) is 0 Å². The molecule has 0 amide bonds. The van der Waals surface area contributed by atoms with E-state index in [0.29, 0.717) is 12.0 Å². The van der Waals surface area contributed by atoms with E-state index < -0.39 is 0 Å². The van der Waals surface area contributed by atoms with Gasteiger partial charge in [-0.2, -0.15) is 0 Å². The summed E-state index contributed by atoms with van der Waals surface area (Å²) in [4.78, 5) is 0. The van der Waals surface area contributed by atoms with Gasteiger partial charge in [-0.15, -0.1) is 0 Å². The highest BCUT2D eigenvalue weighted by Crippen LogP contribution is 2.30. The van der Waals surface area contributed by atoms with Gasteiger partial charge in [-0.05, 0) is 45.6 Å². The third-order valence-corrected chi connectivity index (χ3v) is 3.46. The van der Waals surface area contributed by atoms with Gasteiger partial charge >= 0.3 is 0 Å². The second-order valence-corrected chi connectivity index (χ2v) is 5.05. The Labute approximate surface area is 88.2 Å². The first-order chi connectivity index (χ1) is 6.59. The third-order valence-electron chi connectivity index (χ3n) is 3.46. The summed E-state index contributed by atoms with van der Waals surface area (Å²) in [5.41, 5.74) is 5.80. The Hall–Kier alpha value is -0.0800. The molecule has 1 fully saturated rings. The molecule has 1 aliphatic rings. The Bertz CT molecular complexity index is 168. The van der Waals surface area contributed by atoms with E-state index in [9.17, 15) is 0 Å². The molecule has 2 heteroatoms. The SMILES string of the molecule is CCC(C)(C)OC1CCCCC1CN. The second-order valence-electron chi connectivity index (χ2n) is 5.05. The molecule has 1 rings (SSSR count). The van der Waals surface area contributed by atoms with Gasteiger partial charge in [0.1, 0.15) is 0 Å². The number of hydrogen-bond donors (Lipinski definition) is 1. The molecule has 0 saturated heterocycles. The largest absolute Gasteiger partial charge is 0.372 e. The van der Waals surface area contributed by atoms with Crippen LogP contribution in [0.1, 0.15) is 52.9 Å². The Morgan fingerprint density at radius 1 is 1.29 bits per heavy atom. The van der Waals surface area contributed by atoms with Gasteiger partial charge in [0.05, 0.1) is 11.7 Å². The van der Waals surface area contributed by atoms with Crippen LogP contribution in [0.5, 0.6) is 0 Å². The van der Waals surface area contributed by atoms with Crippen LogP contribution < -0.4 is 5.73 Å². The van der Waals surface area contributed by atoms with E-state index in [-0.39, 0.29) is 5.60 Å². The van der Waals surface area contributed by atoms with Gasteiger partial charge < -0.3 is 10.5 Å². The standard InChI is InChI=1S/C12H25NO/c1-4-12(2,3)14-11-8-6-5-7-10(11)9-13/h10-11H,4-9,13H2,1-3H3. The van der Waals surface area contributed by atoms with E-state index in [1.165, 1.54) is 25.7 Å². The average Bonchev–Trinajstić information content (AvgIpc) is 2.18. The zero-order valence-electron chi connectivity index (χ0n) is 9.88. The fraction of sp³-hybridized carbons (Fsp3) is 1.00. The van der Waals surface area contributed by atoms with Gasteiger partial charge in [0.25, 0.3) is 0 Å². The predicted molar refractivity (Wildman–Crippen MR) is 60.3 cm³/mol. The van der Waals surface area contributed by atoms with Crippen molar-refractivity contribution in [3.05, 3.63) is 0 Å². The summed E-state index contributed by atoms with van der Waals surface area (Å²) in [5, 5.41) is 0. The van der Waals surface area contributed by atoms with Crippen molar-refractivity contribution in [2.75, 3.05) is 6.54 Å². The Balaban J connectivity index is 2.48. The minimum atomic E-state index is 0.0232. The fourth-order valence-corrected chi connectivity index (χ4v) is 2.09. The molecule has 0 radical (unpaired) electrons. The Morgan fingerprint density at radius 3 is 2.50 bits per heavy atom. The lowest BCUT2D eigenvalue weighted by Gasteiger charge is -2.37. The number of nitrogens with two attached hydrogens (primary N) is 1. The monoisotopic (exact) mass is 199 g/mol. The van der Waals surface area contributed by atoms with Crippen LogP contribution in [0.3, 0.4) is 0 Å². The van der Waals surface area contributed by atoms with Crippen molar-refractivity contribution in [1.29, 1.82) is 0 Å². The van der Waals surface area contributed by atoms with E-state index in [4.69, 9.17) is 10.5 Å². The van der Waals surface area contributed by atoms with Crippen molar-refractivity contribution in [3.63, 3.8) is 0 Å². The van der Waals surface area contributed by atoms with E-state index in [2.05, 4.69) is 20.8 Å². The van der Waals surface area contributed by atoms with Crippen LogP contribution >= 0.6 is 0 Å². The van der Waals surface area contributed by atoms with Gasteiger partial charge in [0.2, 0.25) is 0 Å². The van der Waals surface area contributed by atoms with E-state index >= 15 is 0 Å². The minimum Gasteiger partial charge on any atom is -0.372 e. The highest BCUT2D eigenvalue weighted by atomic mass is 16.5. The molecule has 1 aliphatic carbocycles. The lowest BCUT2D eigenvalue weighted by atomic mass is 9.86. The molecule has 0 aliphatic heterocycles. The van der Waals surface area contributed by atoms with Crippen molar-refractivity contribution >= 4 is 0 Å². The van der Waals surface area contributed by atoms with Crippen LogP contribution in [0.15, 0.2) is 0 Å². The maximum Gasteiger partial charge on any atom is 0.0627 e. The van der Waals surface area contributed by atoms with Crippen LogP contribution in [0.25, 0.3) is 0 Å². The van der Waals surface area contributed by atoms with Gasteiger partial charge in [-0.3, -0.25) is 0 Å². The summed E-state index contributed by atoms with van der Waals surface area (Å²) in [5.74, 6) is 0.592. The van der Waals surface area contributed by atoms with E-state index in [0.717, 1.165) is 13.0 Å². The summed E-state index contributed by atoms with van der Waals surface area (Å²) in [7, 11) is 0. The van der Waals surface area contributed by atoms with Crippen molar-refractivity contribution in [1.82, 2.24) is 0 Å². The number of hydrogen-bond acceptors (Lipinski definition) is 2. The number of ether oxygens (including phenoxy) is 1.